The highest BCUT2D eigenvalue weighted by molar-refractivity contribution is 7.89. The van der Waals surface area contributed by atoms with Crippen molar-refractivity contribution in [3.8, 4) is 0 Å². The predicted octanol–water partition coefficient (Wildman–Crippen LogP) is 1.16. The summed E-state index contributed by atoms with van der Waals surface area (Å²) in [6, 6.07) is 4.85. The van der Waals surface area contributed by atoms with E-state index in [4.69, 9.17) is 14.2 Å². The van der Waals surface area contributed by atoms with Gasteiger partial charge in [-0.3, -0.25) is 4.79 Å². The van der Waals surface area contributed by atoms with Gasteiger partial charge >= 0.3 is 0 Å². The highest BCUT2D eigenvalue weighted by Gasteiger charge is 2.24. The van der Waals surface area contributed by atoms with Crippen molar-refractivity contribution in [1.82, 2.24) is 4.31 Å². The van der Waals surface area contributed by atoms with Crippen molar-refractivity contribution in [3.05, 3.63) is 18.2 Å². The molecule has 2 rings (SSSR count). The van der Waals surface area contributed by atoms with Crippen molar-refractivity contribution in [2.24, 2.45) is 0 Å². The van der Waals surface area contributed by atoms with Crippen LogP contribution in [-0.4, -0.2) is 85.0 Å². The van der Waals surface area contributed by atoms with Crippen molar-refractivity contribution < 1.29 is 27.4 Å². The smallest absolute Gasteiger partial charge is 0.250 e. The summed E-state index contributed by atoms with van der Waals surface area (Å²) in [5.41, 5.74) is 1.21. The second kappa shape index (κ2) is 11.5. The fraction of sp³-hybridized carbons (Fsp3) is 0.632. The summed E-state index contributed by atoms with van der Waals surface area (Å²) < 4.78 is 42.7. The summed E-state index contributed by atoms with van der Waals surface area (Å²) in [5.74, 6) is -0.354. The van der Waals surface area contributed by atoms with Crippen molar-refractivity contribution in [2.45, 2.75) is 18.7 Å². The lowest BCUT2D eigenvalue weighted by Gasteiger charge is -2.31. The van der Waals surface area contributed by atoms with Gasteiger partial charge in [0.15, 0.2) is 0 Å². The van der Waals surface area contributed by atoms with Crippen molar-refractivity contribution in [3.63, 3.8) is 0 Å². The topological polar surface area (TPSA) is 97.4 Å². The molecule has 29 heavy (non-hydrogen) atoms. The zero-order valence-corrected chi connectivity index (χ0v) is 18.2. The first-order valence-electron chi connectivity index (χ1n) is 9.77. The van der Waals surface area contributed by atoms with E-state index in [0.717, 1.165) is 5.69 Å². The van der Waals surface area contributed by atoms with Crippen LogP contribution >= 0.6 is 0 Å². The Morgan fingerprint density at radius 1 is 1.21 bits per heavy atom. The van der Waals surface area contributed by atoms with Gasteiger partial charge < -0.3 is 24.4 Å². The summed E-state index contributed by atoms with van der Waals surface area (Å²) in [4.78, 5) is 14.6. The van der Waals surface area contributed by atoms with Crippen molar-refractivity contribution in [1.29, 1.82) is 0 Å². The number of carbonyl (C=O) groups excluding carboxylic acids is 1. The van der Waals surface area contributed by atoms with Gasteiger partial charge in [0.25, 0.3) is 0 Å². The summed E-state index contributed by atoms with van der Waals surface area (Å²) in [6.45, 7) is 7.37. The van der Waals surface area contributed by atoms with Crippen molar-refractivity contribution in [2.75, 3.05) is 76.5 Å². The Labute approximate surface area is 173 Å². The van der Waals surface area contributed by atoms with Gasteiger partial charge in [-0.05, 0) is 18.2 Å². The Kier molecular flexibility index (Phi) is 9.31. The minimum Gasteiger partial charge on any atom is -0.382 e. The third kappa shape index (κ3) is 6.38. The molecule has 0 radical (unpaired) electrons. The number of nitrogens with one attached hydrogen (secondary N) is 1. The quantitative estimate of drug-likeness (QED) is 0.527. The highest BCUT2D eigenvalue weighted by atomic mass is 32.2. The molecule has 0 bridgehead atoms. The number of anilines is 2. The second-order valence-electron chi connectivity index (χ2n) is 6.46. The number of amides is 1. The molecule has 1 aliphatic heterocycles. The van der Waals surface area contributed by atoms with Crippen LogP contribution in [0.4, 0.5) is 11.4 Å². The number of carbonyl (C=O) groups is 1. The lowest BCUT2D eigenvalue weighted by Crippen LogP contribution is -2.37. The van der Waals surface area contributed by atoms with Gasteiger partial charge in [-0.25, -0.2) is 8.42 Å². The Bertz CT molecular complexity index is 761. The van der Waals surface area contributed by atoms with Gasteiger partial charge in [0.1, 0.15) is 6.61 Å². The Hall–Kier alpha value is -1.72. The first-order valence-corrected chi connectivity index (χ1v) is 11.2. The minimum absolute atomic E-state index is 0.140. The average molecular weight is 430 g/mol. The molecule has 10 heteroatoms. The SMILES string of the molecule is CCN(CC)S(=O)(=O)c1ccc(N2CCOCC2)c(NC(=O)COCCOC)c1. The Morgan fingerprint density at radius 3 is 2.52 bits per heavy atom. The molecule has 0 aliphatic carbocycles. The molecule has 1 fully saturated rings. The summed E-state index contributed by atoms with van der Waals surface area (Å²) >= 11 is 0. The van der Waals surface area contributed by atoms with E-state index in [2.05, 4.69) is 10.2 Å². The van der Waals surface area contributed by atoms with Crippen LogP contribution in [0.5, 0.6) is 0 Å². The Morgan fingerprint density at radius 2 is 1.90 bits per heavy atom. The van der Waals surface area contributed by atoms with Crippen LogP contribution in [0.3, 0.4) is 0 Å². The molecule has 0 unspecified atom stereocenters. The van der Waals surface area contributed by atoms with Crippen LogP contribution in [-0.2, 0) is 29.0 Å². The molecule has 1 aromatic rings. The van der Waals surface area contributed by atoms with E-state index in [0.29, 0.717) is 58.3 Å². The van der Waals surface area contributed by atoms with E-state index in [-0.39, 0.29) is 17.4 Å². The molecule has 0 aromatic heterocycles. The molecule has 1 aromatic carbocycles. The lowest BCUT2D eigenvalue weighted by atomic mass is 10.2. The van der Waals surface area contributed by atoms with Crippen LogP contribution in [0.25, 0.3) is 0 Å². The summed E-state index contributed by atoms with van der Waals surface area (Å²) in [7, 11) is -2.08. The predicted molar refractivity (Wildman–Crippen MR) is 111 cm³/mol. The van der Waals surface area contributed by atoms with Gasteiger partial charge in [0.2, 0.25) is 15.9 Å². The summed E-state index contributed by atoms with van der Waals surface area (Å²) in [6.07, 6.45) is 0. The van der Waals surface area contributed by atoms with E-state index in [9.17, 15) is 13.2 Å². The maximum absolute atomic E-state index is 12.9. The van der Waals surface area contributed by atoms with Crippen LogP contribution < -0.4 is 10.2 Å². The molecule has 164 valence electrons. The highest BCUT2D eigenvalue weighted by Crippen LogP contribution is 2.31. The molecule has 1 saturated heterocycles. The number of rotatable bonds is 11. The first kappa shape index (κ1) is 23.6. The second-order valence-corrected chi connectivity index (χ2v) is 8.40. The molecule has 9 nitrogen and oxygen atoms in total. The molecule has 1 N–H and O–H groups in total. The van der Waals surface area contributed by atoms with Gasteiger partial charge in [0.05, 0.1) is 42.7 Å². The summed E-state index contributed by atoms with van der Waals surface area (Å²) in [5, 5.41) is 2.80. The monoisotopic (exact) mass is 429 g/mol. The number of ether oxygens (including phenoxy) is 3. The molecule has 1 amide bonds. The zero-order chi connectivity index (χ0) is 21.3. The third-order valence-corrected chi connectivity index (χ3v) is 6.65. The lowest BCUT2D eigenvalue weighted by molar-refractivity contribution is -0.121. The molecule has 0 atom stereocenters. The normalized spacial score (nSPS) is 15.0. The van der Waals surface area contributed by atoms with E-state index in [1.54, 1.807) is 33.1 Å². The van der Waals surface area contributed by atoms with E-state index >= 15 is 0 Å². The number of hydrogen-bond acceptors (Lipinski definition) is 7. The fourth-order valence-electron chi connectivity index (χ4n) is 3.06. The van der Waals surface area contributed by atoms with Crippen molar-refractivity contribution >= 4 is 27.3 Å². The van der Waals surface area contributed by atoms with E-state index in [1.165, 1.54) is 10.4 Å². The van der Waals surface area contributed by atoms with Gasteiger partial charge in [-0.1, -0.05) is 13.8 Å². The van der Waals surface area contributed by atoms with E-state index < -0.39 is 10.0 Å². The number of morpholine rings is 1. The number of nitrogens with zero attached hydrogens (tertiary/aromatic N) is 2. The van der Waals surface area contributed by atoms with Gasteiger partial charge in [-0.15, -0.1) is 0 Å². The fourth-order valence-corrected chi connectivity index (χ4v) is 4.55. The molecule has 0 saturated carbocycles. The maximum atomic E-state index is 12.9. The standard InChI is InChI=1S/C19H31N3O6S/c1-4-22(5-2)29(24,25)16-6-7-18(21-8-10-27-11-9-21)17(14-16)20-19(23)15-28-13-12-26-3/h6-7,14H,4-5,8-13,15H2,1-3H3,(H,20,23). The molecular formula is C19H31N3O6S. The molecular weight excluding hydrogens is 398 g/mol. The number of benzene rings is 1. The number of hydrogen-bond donors (Lipinski definition) is 1. The van der Waals surface area contributed by atoms with Crippen LogP contribution in [0, 0.1) is 0 Å². The molecule has 0 spiro atoms. The zero-order valence-electron chi connectivity index (χ0n) is 17.3. The number of methoxy groups -OCH3 is 1. The van der Waals surface area contributed by atoms with Crippen LogP contribution in [0.15, 0.2) is 23.1 Å². The first-order chi connectivity index (χ1) is 13.9. The third-order valence-electron chi connectivity index (χ3n) is 4.60. The Balaban J connectivity index is 2.28. The molecule has 1 heterocycles. The average Bonchev–Trinajstić information content (AvgIpc) is 2.72. The minimum atomic E-state index is -3.64. The largest absolute Gasteiger partial charge is 0.382 e. The number of sulfonamides is 1. The maximum Gasteiger partial charge on any atom is 0.250 e. The van der Waals surface area contributed by atoms with Crippen LogP contribution in [0.2, 0.25) is 0 Å². The van der Waals surface area contributed by atoms with E-state index in [1.807, 2.05) is 0 Å². The van der Waals surface area contributed by atoms with Gasteiger partial charge in [-0.2, -0.15) is 4.31 Å². The van der Waals surface area contributed by atoms with Crippen LogP contribution in [0.1, 0.15) is 13.8 Å². The molecule has 1 aliphatic rings. The van der Waals surface area contributed by atoms with Gasteiger partial charge in [0, 0.05) is 33.3 Å².